The molecule has 1 aliphatic carbocycles. The van der Waals surface area contributed by atoms with Crippen molar-refractivity contribution >= 4 is 17.6 Å². The van der Waals surface area contributed by atoms with Crippen LogP contribution in [-0.4, -0.2) is 17.0 Å². The SMILES string of the molecule is CC1=C(C)C[C@@H](C(=O)Nc2c(C)cccc2C)[C@@H](C(=O)O)C1. The molecule has 118 valence electrons. The number of aryl methyl sites for hydroxylation is 2. The Morgan fingerprint density at radius 3 is 2.00 bits per heavy atom. The largest absolute Gasteiger partial charge is 0.481 e. The first kappa shape index (κ1) is 16.3. The lowest BCUT2D eigenvalue weighted by molar-refractivity contribution is -0.146. The Morgan fingerprint density at radius 2 is 1.50 bits per heavy atom. The standard InChI is InChI=1S/C18H23NO3/c1-10-6-5-7-11(2)16(10)19-17(20)14-8-12(3)13(4)9-15(14)18(21)22/h5-7,14-15H,8-9H2,1-4H3,(H,19,20)(H,21,22)/t14-,15+/m1/s1. The van der Waals surface area contributed by atoms with E-state index in [1.54, 1.807) is 0 Å². The van der Waals surface area contributed by atoms with Crippen LogP contribution in [0.4, 0.5) is 5.69 Å². The molecule has 22 heavy (non-hydrogen) atoms. The van der Waals surface area contributed by atoms with Crippen molar-refractivity contribution in [1.29, 1.82) is 0 Å². The number of para-hydroxylation sites is 1. The first-order valence-electron chi connectivity index (χ1n) is 7.56. The minimum atomic E-state index is -0.895. The number of amides is 1. The van der Waals surface area contributed by atoms with Crippen molar-refractivity contribution in [2.45, 2.75) is 40.5 Å². The van der Waals surface area contributed by atoms with Gasteiger partial charge in [0.1, 0.15) is 0 Å². The van der Waals surface area contributed by atoms with E-state index >= 15 is 0 Å². The maximum Gasteiger partial charge on any atom is 0.307 e. The Bertz CT molecular complexity index is 625. The molecule has 2 atom stereocenters. The Kier molecular flexibility index (Phi) is 4.69. The van der Waals surface area contributed by atoms with Gasteiger partial charge < -0.3 is 10.4 Å². The summed E-state index contributed by atoms with van der Waals surface area (Å²) in [5, 5.41) is 12.4. The number of carboxylic acids is 1. The number of hydrogen-bond acceptors (Lipinski definition) is 2. The summed E-state index contributed by atoms with van der Waals surface area (Å²) in [6.45, 7) is 7.80. The van der Waals surface area contributed by atoms with E-state index < -0.39 is 17.8 Å². The maximum absolute atomic E-state index is 12.6. The van der Waals surface area contributed by atoms with Crippen molar-refractivity contribution in [2.24, 2.45) is 11.8 Å². The van der Waals surface area contributed by atoms with Gasteiger partial charge in [0.05, 0.1) is 11.8 Å². The van der Waals surface area contributed by atoms with Crippen molar-refractivity contribution in [3.8, 4) is 0 Å². The molecular weight excluding hydrogens is 278 g/mol. The van der Waals surface area contributed by atoms with Crippen LogP contribution < -0.4 is 5.32 Å². The summed E-state index contributed by atoms with van der Waals surface area (Å²) >= 11 is 0. The molecule has 1 aliphatic rings. The molecule has 0 radical (unpaired) electrons. The molecule has 0 heterocycles. The fourth-order valence-corrected chi connectivity index (χ4v) is 3.06. The molecule has 2 N–H and O–H groups in total. The number of aliphatic carboxylic acids is 1. The van der Waals surface area contributed by atoms with Crippen LogP contribution in [-0.2, 0) is 9.59 Å². The van der Waals surface area contributed by atoms with Crippen molar-refractivity contribution in [3.63, 3.8) is 0 Å². The summed E-state index contributed by atoms with van der Waals surface area (Å²) in [4.78, 5) is 24.1. The lowest BCUT2D eigenvalue weighted by Crippen LogP contribution is -2.36. The second kappa shape index (κ2) is 6.34. The third-order valence-electron chi connectivity index (χ3n) is 4.65. The number of carboxylic acid groups (broad SMARTS) is 1. The molecule has 1 amide bonds. The summed E-state index contributed by atoms with van der Waals surface area (Å²) in [5.41, 5.74) is 4.97. The Labute approximate surface area is 131 Å². The van der Waals surface area contributed by atoms with Crippen molar-refractivity contribution in [1.82, 2.24) is 0 Å². The van der Waals surface area contributed by atoms with Crippen molar-refractivity contribution in [2.75, 3.05) is 5.32 Å². The van der Waals surface area contributed by atoms with E-state index in [0.29, 0.717) is 12.8 Å². The molecule has 1 aromatic carbocycles. The highest BCUT2D eigenvalue weighted by Crippen LogP contribution is 2.35. The van der Waals surface area contributed by atoms with Crippen LogP contribution >= 0.6 is 0 Å². The zero-order valence-corrected chi connectivity index (χ0v) is 13.6. The first-order valence-corrected chi connectivity index (χ1v) is 7.56. The van der Waals surface area contributed by atoms with Gasteiger partial charge in [-0.25, -0.2) is 0 Å². The zero-order chi connectivity index (χ0) is 16.4. The van der Waals surface area contributed by atoms with E-state index in [-0.39, 0.29) is 5.91 Å². The van der Waals surface area contributed by atoms with E-state index in [9.17, 15) is 14.7 Å². The van der Waals surface area contributed by atoms with Gasteiger partial charge in [0.2, 0.25) is 5.91 Å². The van der Waals surface area contributed by atoms with Crippen LogP contribution in [0.15, 0.2) is 29.3 Å². The molecule has 4 heteroatoms. The monoisotopic (exact) mass is 301 g/mol. The molecule has 2 rings (SSSR count). The fourth-order valence-electron chi connectivity index (χ4n) is 3.06. The van der Waals surface area contributed by atoms with Crippen LogP contribution in [0.2, 0.25) is 0 Å². The average molecular weight is 301 g/mol. The number of carbonyl (C=O) groups is 2. The van der Waals surface area contributed by atoms with Gasteiger partial charge in [-0.1, -0.05) is 29.3 Å². The lowest BCUT2D eigenvalue weighted by Gasteiger charge is -2.29. The van der Waals surface area contributed by atoms with Gasteiger partial charge in [-0.2, -0.15) is 0 Å². The summed E-state index contributed by atoms with van der Waals surface area (Å²) in [7, 11) is 0. The normalized spacial score (nSPS) is 21.6. The summed E-state index contributed by atoms with van der Waals surface area (Å²) < 4.78 is 0. The molecule has 0 saturated heterocycles. The van der Waals surface area contributed by atoms with Gasteiger partial charge in [0.15, 0.2) is 0 Å². The van der Waals surface area contributed by atoms with Gasteiger partial charge in [-0.15, -0.1) is 0 Å². The fraction of sp³-hybridized carbons (Fsp3) is 0.444. The first-order chi connectivity index (χ1) is 10.3. The van der Waals surface area contributed by atoms with Crippen LogP contribution in [0.25, 0.3) is 0 Å². The molecule has 1 aromatic rings. The third-order valence-corrected chi connectivity index (χ3v) is 4.65. The van der Waals surface area contributed by atoms with Crippen molar-refractivity contribution in [3.05, 3.63) is 40.5 Å². The van der Waals surface area contributed by atoms with Crippen LogP contribution in [0, 0.1) is 25.7 Å². The van der Waals surface area contributed by atoms with Crippen LogP contribution in [0.1, 0.15) is 37.8 Å². The van der Waals surface area contributed by atoms with E-state index in [1.165, 1.54) is 0 Å². The van der Waals surface area contributed by atoms with Gasteiger partial charge in [-0.05, 0) is 51.7 Å². The minimum Gasteiger partial charge on any atom is -0.481 e. The summed E-state index contributed by atoms with van der Waals surface area (Å²) in [6, 6.07) is 5.82. The quantitative estimate of drug-likeness (QED) is 0.837. The Balaban J connectivity index is 2.26. The maximum atomic E-state index is 12.6. The Morgan fingerprint density at radius 1 is 1.00 bits per heavy atom. The molecule has 0 unspecified atom stereocenters. The van der Waals surface area contributed by atoms with E-state index in [1.807, 2.05) is 45.9 Å². The second-order valence-corrected chi connectivity index (χ2v) is 6.28. The molecular formula is C18H23NO3. The third kappa shape index (κ3) is 3.21. The van der Waals surface area contributed by atoms with Gasteiger partial charge in [0, 0.05) is 5.69 Å². The highest BCUT2D eigenvalue weighted by Gasteiger charge is 2.37. The molecule has 0 bridgehead atoms. The predicted molar refractivity (Wildman–Crippen MR) is 86.8 cm³/mol. The van der Waals surface area contributed by atoms with Gasteiger partial charge >= 0.3 is 5.97 Å². The molecule has 0 aromatic heterocycles. The van der Waals surface area contributed by atoms with Crippen molar-refractivity contribution < 1.29 is 14.7 Å². The highest BCUT2D eigenvalue weighted by atomic mass is 16.4. The molecule has 0 fully saturated rings. The lowest BCUT2D eigenvalue weighted by atomic mass is 9.76. The topological polar surface area (TPSA) is 66.4 Å². The molecule has 0 saturated carbocycles. The second-order valence-electron chi connectivity index (χ2n) is 6.28. The van der Waals surface area contributed by atoms with E-state index in [2.05, 4.69) is 5.32 Å². The number of rotatable bonds is 3. The molecule has 0 spiro atoms. The predicted octanol–water partition coefficient (Wildman–Crippen LogP) is 3.69. The van der Waals surface area contributed by atoms with Crippen LogP contribution in [0.3, 0.4) is 0 Å². The summed E-state index contributed by atoms with van der Waals surface area (Å²) in [5.74, 6) is -2.25. The number of benzene rings is 1. The van der Waals surface area contributed by atoms with Crippen LogP contribution in [0.5, 0.6) is 0 Å². The number of allylic oxidation sites excluding steroid dienone is 2. The number of nitrogens with one attached hydrogen (secondary N) is 1. The number of anilines is 1. The smallest absolute Gasteiger partial charge is 0.307 e. The average Bonchev–Trinajstić information content (AvgIpc) is 2.45. The molecule has 4 nitrogen and oxygen atoms in total. The zero-order valence-electron chi connectivity index (χ0n) is 13.6. The van der Waals surface area contributed by atoms with E-state index in [0.717, 1.165) is 28.0 Å². The van der Waals surface area contributed by atoms with Gasteiger partial charge in [0.25, 0.3) is 0 Å². The molecule has 0 aliphatic heterocycles. The van der Waals surface area contributed by atoms with E-state index in [4.69, 9.17) is 0 Å². The highest BCUT2D eigenvalue weighted by molar-refractivity contribution is 5.96. The summed E-state index contributed by atoms with van der Waals surface area (Å²) in [6.07, 6.45) is 0.964. The van der Waals surface area contributed by atoms with Gasteiger partial charge in [-0.3, -0.25) is 9.59 Å². The minimum absolute atomic E-state index is 0.198. The number of carbonyl (C=O) groups excluding carboxylic acids is 1. The Hall–Kier alpha value is -2.10. The number of hydrogen-bond donors (Lipinski definition) is 2.